The van der Waals surface area contributed by atoms with E-state index in [1.807, 2.05) is 19.2 Å². The standard InChI is InChI=1S/C17H21BrF3N5O/c1-4-25-8-7-12(22-25)9-24(3)16(27)10(2)26-14(11-5-6-11)13(18)15(23-26)17(19,20)21/h7-8,10-11H,4-6,9H2,1-3H3. The minimum Gasteiger partial charge on any atom is -0.338 e. The molecule has 2 aromatic heterocycles. The van der Waals surface area contributed by atoms with E-state index in [1.165, 1.54) is 9.58 Å². The topological polar surface area (TPSA) is 56.0 Å². The molecule has 1 aliphatic rings. The number of hydrogen-bond donors (Lipinski definition) is 0. The van der Waals surface area contributed by atoms with Gasteiger partial charge in [-0.05, 0) is 48.7 Å². The number of carbonyl (C=O) groups excluding carboxylic acids is 1. The van der Waals surface area contributed by atoms with Gasteiger partial charge in [0.2, 0.25) is 5.91 Å². The van der Waals surface area contributed by atoms with Crippen LogP contribution in [0.3, 0.4) is 0 Å². The number of amides is 1. The van der Waals surface area contributed by atoms with Crippen LogP contribution in [-0.2, 0) is 24.1 Å². The number of aryl methyl sites for hydroxylation is 1. The molecule has 0 aromatic carbocycles. The van der Waals surface area contributed by atoms with E-state index in [2.05, 4.69) is 26.1 Å². The van der Waals surface area contributed by atoms with Crippen LogP contribution in [0.1, 0.15) is 55.7 Å². The summed E-state index contributed by atoms with van der Waals surface area (Å²) in [6.45, 7) is 4.54. The van der Waals surface area contributed by atoms with Crippen LogP contribution in [0.15, 0.2) is 16.7 Å². The van der Waals surface area contributed by atoms with Crippen LogP contribution in [-0.4, -0.2) is 37.4 Å². The van der Waals surface area contributed by atoms with Crippen LogP contribution in [0.25, 0.3) is 0 Å². The lowest BCUT2D eigenvalue weighted by molar-refractivity contribution is -0.143. The second-order valence-corrected chi connectivity index (χ2v) is 7.59. The third-order valence-electron chi connectivity index (χ3n) is 4.64. The van der Waals surface area contributed by atoms with Gasteiger partial charge in [0.25, 0.3) is 0 Å². The summed E-state index contributed by atoms with van der Waals surface area (Å²) in [4.78, 5) is 14.3. The Kier molecular flexibility index (Phi) is 5.38. The van der Waals surface area contributed by atoms with Crippen LogP contribution in [0.4, 0.5) is 13.2 Å². The average Bonchev–Trinajstić information content (AvgIpc) is 3.22. The largest absolute Gasteiger partial charge is 0.436 e. The molecule has 1 unspecified atom stereocenters. The van der Waals surface area contributed by atoms with Gasteiger partial charge in [-0.1, -0.05) is 0 Å². The Morgan fingerprint density at radius 2 is 2.07 bits per heavy atom. The van der Waals surface area contributed by atoms with Gasteiger partial charge in [-0.25, -0.2) is 0 Å². The summed E-state index contributed by atoms with van der Waals surface area (Å²) in [5, 5.41) is 8.08. The Morgan fingerprint density at radius 1 is 1.41 bits per heavy atom. The number of rotatable bonds is 6. The highest BCUT2D eigenvalue weighted by molar-refractivity contribution is 9.10. The van der Waals surface area contributed by atoms with E-state index in [1.54, 1.807) is 18.7 Å². The van der Waals surface area contributed by atoms with E-state index >= 15 is 0 Å². The normalized spacial score (nSPS) is 15.8. The zero-order valence-electron chi connectivity index (χ0n) is 15.3. The van der Waals surface area contributed by atoms with E-state index in [4.69, 9.17) is 0 Å². The molecule has 148 valence electrons. The Labute approximate surface area is 163 Å². The van der Waals surface area contributed by atoms with Gasteiger partial charge in [0.1, 0.15) is 6.04 Å². The molecule has 3 rings (SSSR count). The Morgan fingerprint density at radius 3 is 2.59 bits per heavy atom. The molecule has 1 atom stereocenters. The second kappa shape index (κ2) is 7.29. The van der Waals surface area contributed by atoms with Crippen LogP contribution in [0.2, 0.25) is 0 Å². The number of halogens is 4. The van der Waals surface area contributed by atoms with E-state index in [9.17, 15) is 18.0 Å². The molecule has 0 spiro atoms. The van der Waals surface area contributed by atoms with Gasteiger partial charge < -0.3 is 4.90 Å². The molecule has 0 aliphatic heterocycles. The van der Waals surface area contributed by atoms with Crippen molar-refractivity contribution in [1.82, 2.24) is 24.5 Å². The van der Waals surface area contributed by atoms with Gasteiger partial charge in [-0.3, -0.25) is 14.2 Å². The summed E-state index contributed by atoms with van der Waals surface area (Å²) < 4.78 is 42.7. The van der Waals surface area contributed by atoms with E-state index < -0.39 is 17.9 Å². The Hall–Kier alpha value is -1.84. The first-order valence-corrected chi connectivity index (χ1v) is 9.55. The molecular formula is C17H21BrF3N5O. The first kappa shape index (κ1) is 19.9. The fraction of sp³-hybridized carbons (Fsp3) is 0.588. The number of likely N-dealkylation sites (N-methyl/N-ethyl adjacent to an activating group) is 1. The molecule has 0 bridgehead atoms. The molecule has 1 aliphatic carbocycles. The monoisotopic (exact) mass is 447 g/mol. The minimum atomic E-state index is -4.57. The molecule has 1 saturated carbocycles. The molecular weight excluding hydrogens is 427 g/mol. The van der Waals surface area contributed by atoms with Gasteiger partial charge in [0.15, 0.2) is 5.69 Å². The zero-order chi connectivity index (χ0) is 19.9. The van der Waals surface area contributed by atoms with Crippen LogP contribution in [0, 0.1) is 0 Å². The number of alkyl halides is 3. The van der Waals surface area contributed by atoms with Crippen LogP contribution < -0.4 is 0 Å². The average molecular weight is 448 g/mol. The first-order valence-electron chi connectivity index (χ1n) is 8.75. The highest BCUT2D eigenvalue weighted by Crippen LogP contribution is 2.47. The predicted molar refractivity (Wildman–Crippen MR) is 96.0 cm³/mol. The van der Waals surface area contributed by atoms with Crippen molar-refractivity contribution in [2.24, 2.45) is 0 Å². The van der Waals surface area contributed by atoms with E-state index in [0.717, 1.165) is 25.1 Å². The van der Waals surface area contributed by atoms with Crippen molar-refractivity contribution in [1.29, 1.82) is 0 Å². The fourth-order valence-electron chi connectivity index (χ4n) is 3.04. The third-order valence-corrected chi connectivity index (χ3v) is 5.42. The maximum absolute atomic E-state index is 13.3. The number of aromatic nitrogens is 4. The molecule has 6 nitrogen and oxygen atoms in total. The van der Waals surface area contributed by atoms with Gasteiger partial charge in [-0.15, -0.1) is 0 Å². The summed E-state index contributed by atoms with van der Waals surface area (Å²) in [7, 11) is 1.61. The summed E-state index contributed by atoms with van der Waals surface area (Å²) >= 11 is 3.06. The molecule has 2 aromatic rings. The van der Waals surface area contributed by atoms with Crippen molar-refractivity contribution in [3.8, 4) is 0 Å². The molecule has 0 radical (unpaired) electrons. The second-order valence-electron chi connectivity index (χ2n) is 6.80. The number of carbonyl (C=O) groups is 1. The minimum absolute atomic E-state index is 0.00350. The van der Waals surface area contributed by atoms with Gasteiger partial charge in [0, 0.05) is 25.7 Å². The molecule has 2 heterocycles. The Bertz CT molecular complexity index is 840. The van der Waals surface area contributed by atoms with Gasteiger partial charge in [-0.2, -0.15) is 23.4 Å². The molecule has 10 heteroatoms. The predicted octanol–water partition coefficient (Wildman–Crippen LogP) is 3.98. The van der Waals surface area contributed by atoms with Crippen molar-refractivity contribution in [3.63, 3.8) is 0 Å². The number of nitrogens with zero attached hydrogens (tertiary/aromatic N) is 5. The highest BCUT2D eigenvalue weighted by atomic mass is 79.9. The van der Waals surface area contributed by atoms with Gasteiger partial charge >= 0.3 is 6.18 Å². The lowest BCUT2D eigenvalue weighted by Crippen LogP contribution is -2.34. The maximum Gasteiger partial charge on any atom is 0.436 e. The fourth-order valence-corrected chi connectivity index (χ4v) is 3.84. The number of hydrogen-bond acceptors (Lipinski definition) is 3. The van der Waals surface area contributed by atoms with Crippen molar-refractivity contribution >= 4 is 21.8 Å². The van der Waals surface area contributed by atoms with Crippen molar-refractivity contribution in [2.45, 2.75) is 57.9 Å². The lowest BCUT2D eigenvalue weighted by atomic mass is 10.2. The highest BCUT2D eigenvalue weighted by Gasteiger charge is 2.43. The smallest absolute Gasteiger partial charge is 0.338 e. The molecule has 1 amide bonds. The third kappa shape index (κ3) is 4.04. The SMILES string of the molecule is CCn1ccc(CN(C)C(=O)C(C)n2nc(C(F)(F)F)c(Br)c2C2CC2)n1. The quantitative estimate of drug-likeness (QED) is 0.672. The lowest BCUT2D eigenvalue weighted by Gasteiger charge is -2.22. The van der Waals surface area contributed by atoms with Crippen molar-refractivity contribution in [2.75, 3.05) is 7.05 Å². The molecule has 0 saturated heterocycles. The maximum atomic E-state index is 13.3. The van der Waals surface area contributed by atoms with Crippen molar-refractivity contribution in [3.05, 3.63) is 33.8 Å². The molecule has 0 N–H and O–H groups in total. The van der Waals surface area contributed by atoms with Crippen molar-refractivity contribution < 1.29 is 18.0 Å². The van der Waals surface area contributed by atoms with E-state index in [0.29, 0.717) is 5.69 Å². The van der Waals surface area contributed by atoms with E-state index in [-0.39, 0.29) is 22.8 Å². The Balaban J connectivity index is 1.83. The molecule has 1 fully saturated rings. The summed E-state index contributed by atoms with van der Waals surface area (Å²) in [6, 6.07) is 0.978. The van der Waals surface area contributed by atoms with Crippen LogP contribution in [0.5, 0.6) is 0 Å². The summed E-state index contributed by atoms with van der Waals surface area (Å²) in [5.74, 6) is -0.310. The van der Waals surface area contributed by atoms with Gasteiger partial charge in [0.05, 0.1) is 22.4 Å². The molecule has 27 heavy (non-hydrogen) atoms. The first-order chi connectivity index (χ1) is 12.6. The summed E-state index contributed by atoms with van der Waals surface area (Å²) in [5.41, 5.74) is 0.195. The summed E-state index contributed by atoms with van der Waals surface area (Å²) in [6.07, 6.45) is -1.16. The zero-order valence-corrected chi connectivity index (χ0v) is 16.9. The van der Waals surface area contributed by atoms with Crippen LogP contribution >= 0.6 is 15.9 Å².